The molecular weight excluding hydrogens is 293 g/mol. The third-order valence-electron chi connectivity index (χ3n) is 2.70. The SMILES string of the molecule is CCNc1ncccc1S(=O)(=O)Nc1cc(C)cc(F)c1. The molecule has 0 aliphatic carbocycles. The maximum Gasteiger partial charge on any atom is 0.265 e. The number of hydrogen-bond acceptors (Lipinski definition) is 4. The van der Waals surface area contributed by atoms with Gasteiger partial charge in [0.1, 0.15) is 16.5 Å². The van der Waals surface area contributed by atoms with Gasteiger partial charge in [0.15, 0.2) is 0 Å². The van der Waals surface area contributed by atoms with Crippen LogP contribution in [0.25, 0.3) is 0 Å². The molecule has 0 unspecified atom stereocenters. The number of sulfonamides is 1. The van der Waals surface area contributed by atoms with Crippen molar-refractivity contribution >= 4 is 21.5 Å². The molecule has 0 radical (unpaired) electrons. The summed E-state index contributed by atoms with van der Waals surface area (Å²) in [7, 11) is -3.84. The van der Waals surface area contributed by atoms with Gasteiger partial charge in [-0.05, 0) is 49.7 Å². The average Bonchev–Trinajstić information content (AvgIpc) is 2.37. The van der Waals surface area contributed by atoms with E-state index in [1.807, 2.05) is 6.92 Å². The number of aryl methyl sites for hydroxylation is 1. The van der Waals surface area contributed by atoms with E-state index >= 15 is 0 Å². The number of aromatic nitrogens is 1. The maximum atomic E-state index is 13.3. The van der Waals surface area contributed by atoms with E-state index in [4.69, 9.17) is 0 Å². The largest absolute Gasteiger partial charge is 0.369 e. The summed E-state index contributed by atoms with van der Waals surface area (Å²) < 4.78 is 40.5. The molecule has 0 fully saturated rings. The monoisotopic (exact) mass is 309 g/mol. The van der Waals surface area contributed by atoms with Gasteiger partial charge in [-0.25, -0.2) is 17.8 Å². The van der Waals surface area contributed by atoms with Gasteiger partial charge < -0.3 is 5.32 Å². The zero-order valence-electron chi connectivity index (χ0n) is 11.7. The number of rotatable bonds is 5. The van der Waals surface area contributed by atoms with E-state index < -0.39 is 15.8 Å². The van der Waals surface area contributed by atoms with Crippen LogP contribution >= 0.6 is 0 Å². The molecule has 0 bridgehead atoms. The molecule has 2 aromatic rings. The van der Waals surface area contributed by atoms with Gasteiger partial charge in [0.25, 0.3) is 10.0 Å². The predicted molar refractivity (Wildman–Crippen MR) is 80.3 cm³/mol. The Labute approximate surface area is 123 Å². The van der Waals surface area contributed by atoms with Crippen LogP contribution in [0.1, 0.15) is 12.5 Å². The van der Waals surface area contributed by atoms with Gasteiger partial charge in [0.2, 0.25) is 0 Å². The van der Waals surface area contributed by atoms with Crippen molar-refractivity contribution in [3.8, 4) is 0 Å². The molecule has 2 rings (SSSR count). The highest BCUT2D eigenvalue weighted by Crippen LogP contribution is 2.22. The van der Waals surface area contributed by atoms with Crippen molar-refractivity contribution < 1.29 is 12.8 Å². The zero-order valence-corrected chi connectivity index (χ0v) is 12.5. The fraction of sp³-hybridized carbons (Fsp3) is 0.214. The van der Waals surface area contributed by atoms with Crippen LogP contribution in [-0.4, -0.2) is 19.9 Å². The number of pyridine rings is 1. The molecule has 0 aliphatic heterocycles. The van der Waals surface area contributed by atoms with Crippen LogP contribution in [0.4, 0.5) is 15.9 Å². The molecule has 0 atom stereocenters. The molecule has 1 aromatic carbocycles. The quantitative estimate of drug-likeness (QED) is 0.891. The molecule has 0 spiro atoms. The van der Waals surface area contributed by atoms with Gasteiger partial charge in [0, 0.05) is 12.7 Å². The summed E-state index contributed by atoms with van der Waals surface area (Å²) in [6.07, 6.45) is 1.50. The van der Waals surface area contributed by atoms with Crippen LogP contribution in [0.15, 0.2) is 41.4 Å². The minimum absolute atomic E-state index is 0.0220. The van der Waals surface area contributed by atoms with Crippen LogP contribution in [0.3, 0.4) is 0 Å². The van der Waals surface area contributed by atoms with Crippen LogP contribution in [-0.2, 0) is 10.0 Å². The smallest absolute Gasteiger partial charge is 0.265 e. The van der Waals surface area contributed by atoms with Crippen molar-refractivity contribution in [1.29, 1.82) is 0 Å². The van der Waals surface area contributed by atoms with Crippen LogP contribution in [0, 0.1) is 12.7 Å². The predicted octanol–water partition coefficient (Wildman–Crippen LogP) is 2.76. The molecule has 21 heavy (non-hydrogen) atoms. The molecule has 2 N–H and O–H groups in total. The first kappa shape index (κ1) is 15.2. The maximum absolute atomic E-state index is 13.3. The van der Waals surface area contributed by atoms with E-state index in [2.05, 4.69) is 15.0 Å². The lowest BCUT2D eigenvalue weighted by Gasteiger charge is -2.12. The minimum atomic E-state index is -3.84. The van der Waals surface area contributed by atoms with E-state index in [9.17, 15) is 12.8 Å². The first-order valence-corrected chi connectivity index (χ1v) is 7.89. The van der Waals surface area contributed by atoms with Crippen molar-refractivity contribution in [3.63, 3.8) is 0 Å². The second-order valence-corrected chi connectivity index (χ2v) is 6.15. The number of anilines is 2. The Morgan fingerprint density at radius 3 is 2.71 bits per heavy atom. The van der Waals surface area contributed by atoms with E-state index in [0.717, 1.165) is 6.07 Å². The third kappa shape index (κ3) is 3.69. The second-order valence-electron chi connectivity index (χ2n) is 4.50. The Morgan fingerprint density at radius 1 is 1.29 bits per heavy atom. The third-order valence-corrected chi connectivity index (χ3v) is 4.11. The fourth-order valence-electron chi connectivity index (χ4n) is 1.91. The molecule has 0 amide bonds. The Kier molecular flexibility index (Phi) is 4.42. The Hall–Kier alpha value is -2.15. The molecular formula is C14H16FN3O2S. The molecule has 0 saturated heterocycles. The van der Waals surface area contributed by atoms with Crippen LogP contribution in [0.5, 0.6) is 0 Å². The van der Waals surface area contributed by atoms with Gasteiger partial charge in [0.05, 0.1) is 5.69 Å². The summed E-state index contributed by atoms with van der Waals surface area (Å²) in [5.74, 6) is -0.230. The highest BCUT2D eigenvalue weighted by atomic mass is 32.2. The molecule has 112 valence electrons. The number of hydrogen-bond donors (Lipinski definition) is 2. The summed E-state index contributed by atoms with van der Waals surface area (Å²) in [5, 5.41) is 2.89. The van der Waals surface area contributed by atoms with Crippen molar-refractivity contribution in [2.45, 2.75) is 18.7 Å². The van der Waals surface area contributed by atoms with Crippen LogP contribution in [0.2, 0.25) is 0 Å². The molecule has 5 nitrogen and oxygen atoms in total. The molecule has 7 heteroatoms. The van der Waals surface area contributed by atoms with Gasteiger partial charge in [-0.15, -0.1) is 0 Å². The second kappa shape index (κ2) is 6.09. The number of benzene rings is 1. The van der Waals surface area contributed by atoms with Crippen molar-refractivity contribution in [2.75, 3.05) is 16.6 Å². The Morgan fingerprint density at radius 2 is 2.05 bits per heavy atom. The van der Waals surface area contributed by atoms with Gasteiger partial charge >= 0.3 is 0 Å². The lowest BCUT2D eigenvalue weighted by atomic mass is 10.2. The van der Waals surface area contributed by atoms with Gasteiger partial charge in [-0.3, -0.25) is 4.72 Å². The lowest BCUT2D eigenvalue weighted by molar-refractivity contribution is 0.601. The Bertz CT molecular complexity index is 727. The topological polar surface area (TPSA) is 71.1 Å². The fourth-order valence-corrected chi connectivity index (χ4v) is 3.09. The normalized spacial score (nSPS) is 11.2. The van der Waals surface area contributed by atoms with Gasteiger partial charge in [-0.1, -0.05) is 0 Å². The summed E-state index contributed by atoms with van der Waals surface area (Å²) in [4.78, 5) is 4.03. The van der Waals surface area contributed by atoms with E-state index in [-0.39, 0.29) is 16.4 Å². The zero-order chi connectivity index (χ0) is 15.5. The number of nitrogens with one attached hydrogen (secondary N) is 2. The highest BCUT2D eigenvalue weighted by Gasteiger charge is 2.19. The van der Waals surface area contributed by atoms with Crippen molar-refractivity contribution in [3.05, 3.63) is 47.9 Å². The first-order chi connectivity index (χ1) is 9.92. The number of nitrogens with zero attached hydrogens (tertiary/aromatic N) is 1. The lowest BCUT2D eigenvalue weighted by Crippen LogP contribution is -2.16. The van der Waals surface area contributed by atoms with Gasteiger partial charge in [-0.2, -0.15) is 0 Å². The molecule has 0 saturated carbocycles. The van der Waals surface area contributed by atoms with E-state index in [1.54, 1.807) is 13.0 Å². The summed E-state index contributed by atoms with van der Waals surface area (Å²) >= 11 is 0. The summed E-state index contributed by atoms with van der Waals surface area (Å²) in [6.45, 7) is 4.07. The summed E-state index contributed by atoms with van der Waals surface area (Å²) in [5.41, 5.74) is 0.810. The molecule has 1 heterocycles. The minimum Gasteiger partial charge on any atom is -0.369 e. The average molecular weight is 309 g/mol. The number of halogens is 1. The molecule has 1 aromatic heterocycles. The van der Waals surface area contributed by atoms with E-state index in [1.165, 1.54) is 24.4 Å². The first-order valence-electron chi connectivity index (χ1n) is 6.41. The highest BCUT2D eigenvalue weighted by molar-refractivity contribution is 7.92. The van der Waals surface area contributed by atoms with Crippen LogP contribution < -0.4 is 10.0 Å². The summed E-state index contributed by atoms with van der Waals surface area (Å²) in [6, 6.07) is 7.00. The molecule has 0 aliphatic rings. The van der Waals surface area contributed by atoms with Crippen molar-refractivity contribution in [1.82, 2.24) is 4.98 Å². The van der Waals surface area contributed by atoms with Crippen molar-refractivity contribution in [2.24, 2.45) is 0 Å². The van der Waals surface area contributed by atoms with E-state index in [0.29, 0.717) is 12.1 Å². The Balaban J connectivity index is 2.38. The standard InChI is InChI=1S/C14H16FN3O2S/c1-3-16-14-13(5-4-6-17-14)21(19,20)18-12-8-10(2)7-11(15)9-12/h4-9,18H,3H2,1-2H3,(H,16,17).